The maximum absolute atomic E-state index is 8.56. The van der Waals surface area contributed by atoms with Gasteiger partial charge >= 0.3 is 0 Å². The van der Waals surface area contributed by atoms with Crippen molar-refractivity contribution in [2.24, 2.45) is 0 Å². The summed E-state index contributed by atoms with van der Waals surface area (Å²) in [4.78, 5) is 2.92. The van der Waals surface area contributed by atoms with Crippen LogP contribution in [-0.4, -0.2) is 4.98 Å². The van der Waals surface area contributed by atoms with E-state index in [-0.39, 0.29) is 0 Å². The van der Waals surface area contributed by atoms with Crippen LogP contribution >= 0.6 is 0 Å². The molecule has 0 fully saturated rings. The third kappa shape index (κ3) is 0.870. The van der Waals surface area contributed by atoms with Gasteiger partial charge in [0.15, 0.2) is 0 Å². The topological polar surface area (TPSA) is 39.6 Å². The van der Waals surface area contributed by atoms with Gasteiger partial charge in [-0.3, -0.25) is 0 Å². The molecule has 1 aromatic carbocycles. The van der Waals surface area contributed by atoms with Crippen molar-refractivity contribution in [1.29, 1.82) is 5.26 Å². The molecule has 0 saturated heterocycles. The number of aromatic amines is 1. The normalized spacial score (nSPS) is 9.73. The lowest BCUT2D eigenvalue weighted by Gasteiger charge is -1.88. The lowest BCUT2D eigenvalue weighted by Crippen LogP contribution is -1.72. The zero-order valence-corrected chi connectivity index (χ0v) is 5.76. The van der Waals surface area contributed by atoms with Gasteiger partial charge in [0, 0.05) is 10.9 Å². The molecule has 0 atom stereocenters. The van der Waals surface area contributed by atoms with Crippen molar-refractivity contribution in [2.45, 2.75) is 0 Å². The van der Waals surface area contributed by atoms with Crippen molar-refractivity contribution in [3.8, 4) is 6.07 Å². The number of nitrogens with zero attached hydrogens (tertiary/aromatic N) is 1. The number of fused-ring (bicyclic) bond motifs is 1. The second kappa shape index (κ2) is 2.14. The number of aromatic nitrogens is 1. The fourth-order valence-corrected chi connectivity index (χ4v) is 1.05. The lowest BCUT2D eigenvalue weighted by atomic mass is 10.2. The Labute approximate surface area is 64.1 Å². The molecule has 0 aliphatic rings. The SMILES string of the molecule is N#Cc1ccc2c[c][nH]c2c1. The number of nitriles is 1. The maximum atomic E-state index is 8.56. The van der Waals surface area contributed by atoms with E-state index in [4.69, 9.17) is 5.26 Å². The van der Waals surface area contributed by atoms with Gasteiger partial charge in [-0.1, -0.05) is 6.07 Å². The molecular weight excluding hydrogens is 136 g/mol. The molecule has 0 aliphatic carbocycles. The van der Waals surface area contributed by atoms with E-state index in [1.54, 1.807) is 6.07 Å². The molecule has 1 N–H and O–H groups in total. The minimum absolute atomic E-state index is 0.674. The van der Waals surface area contributed by atoms with Crippen LogP contribution in [0.25, 0.3) is 10.9 Å². The second-order valence-corrected chi connectivity index (χ2v) is 2.33. The number of benzene rings is 1. The maximum Gasteiger partial charge on any atom is 0.0992 e. The largest absolute Gasteiger partial charge is 0.353 e. The Morgan fingerprint density at radius 3 is 3.18 bits per heavy atom. The third-order valence-electron chi connectivity index (χ3n) is 1.62. The van der Waals surface area contributed by atoms with E-state index < -0.39 is 0 Å². The molecule has 1 radical (unpaired) electrons. The summed E-state index contributed by atoms with van der Waals surface area (Å²) in [6, 6.07) is 9.44. The van der Waals surface area contributed by atoms with Crippen LogP contribution in [0.4, 0.5) is 0 Å². The highest BCUT2D eigenvalue weighted by Crippen LogP contribution is 2.12. The smallest absolute Gasteiger partial charge is 0.0992 e. The summed E-state index contributed by atoms with van der Waals surface area (Å²) < 4.78 is 0. The number of nitrogens with one attached hydrogen (secondary N) is 1. The number of hydrogen-bond donors (Lipinski definition) is 1. The highest BCUT2D eigenvalue weighted by atomic mass is 14.7. The molecule has 2 rings (SSSR count). The number of hydrogen-bond acceptors (Lipinski definition) is 1. The van der Waals surface area contributed by atoms with E-state index in [9.17, 15) is 0 Å². The standard InChI is InChI=1S/C9H5N2/c10-6-7-1-2-8-3-4-11-9(8)5-7/h1-3,5,11H. The van der Waals surface area contributed by atoms with Crippen LogP contribution in [0, 0.1) is 17.5 Å². The summed E-state index contributed by atoms with van der Waals surface area (Å²) in [7, 11) is 0. The van der Waals surface area contributed by atoms with Crippen molar-refractivity contribution in [2.75, 3.05) is 0 Å². The summed E-state index contributed by atoms with van der Waals surface area (Å²) in [6.45, 7) is 0. The van der Waals surface area contributed by atoms with Gasteiger partial charge in [-0.15, -0.1) is 0 Å². The molecular formula is C9H5N2. The molecule has 1 aromatic heterocycles. The van der Waals surface area contributed by atoms with Gasteiger partial charge < -0.3 is 4.98 Å². The van der Waals surface area contributed by atoms with Crippen molar-refractivity contribution in [3.05, 3.63) is 36.0 Å². The average Bonchev–Trinajstić information content (AvgIpc) is 2.50. The van der Waals surface area contributed by atoms with Crippen molar-refractivity contribution < 1.29 is 0 Å². The fourth-order valence-electron chi connectivity index (χ4n) is 1.05. The van der Waals surface area contributed by atoms with Gasteiger partial charge in [0.2, 0.25) is 0 Å². The first-order valence-electron chi connectivity index (χ1n) is 3.29. The highest BCUT2D eigenvalue weighted by Gasteiger charge is 1.94. The minimum Gasteiger partial charge on any atom is -0.353 e. The summed E-state index contributed by atoms with van der Waals surface area (Å²) in [5.41, 5.74) is 1.64. The molecule has 0 saturated carbocycles. The molecule has 0 aliphatic heterocycles. The Kier molecular flexibility index (Phi) is 1.16. The first kappa shape index (κ1) is 5.99. The van der Waals surface area contributed by atoms with Crippen LogP contribution in [0.15, 0.2) is 24.3 Å². The van der Waals surface area contributed by atoms with Gasteiger partial charge in [0.05, 0.1) is 17.8 Å². The summed E-state index contributed by atoms with van der Waals surface area (Å²) >= 11 is 0. The lowest BCUT2D eigenvalue weighted by molar-refractivity contribution is 1.44. The summed E-state index contributed by atoms with van der Waals surface area (Å²) in [5, 5.41) is 9.65. The molecule has 1 heterocycles. The van der Waals surface area contributed by atoms with Crippen molar-refractivity contribution in [1.82, 2.24) is 4.98 Å². The summed E-state index contributed by atoms with van der Waals surface area (Å²) in [5.74, 6) is 0. The quantitative estimate of drug-likeness (QED) is 0.597. The molecule has 11 heavy (non-hydrogen) atoms. The van der Waals surface area contributed by atoms with Crippen LogP contribution < -0.4 is 0 Å². The molecule has 2 heteroatoms. The van der Waals surface area contributed by atoms with Gasteiger partial charge in [-0.05, 0) is 18.2 Å². The van der Waals surface area contributed by atoms with Crippen LogP contribution in [0.5, 0.6) is 0 Å². The molecule has 51 valence electrons. The Morgan fingerprint density at radius 1 is 1.45 bits per heavy atom. The van der Waals surface area contributed by atoms with Crippen LogP contribution in [-0.2, 0) is 0 Å². The second-order valence-electron chi connectivity index (χ2n) is 2.33. The van der Waals surface area contributed by atoms with E-state index in [0.717, 1.165) is 10.9 Å². The Bertz CT molecular complexity index is 420. The van der Waals surface area contributed by atoms with Crippen LogP contribution in [0.2, 0.25) is 0 Å². The first-order valence-corrected chi connectivity index (χ1v) is 3.29. The Balaban J connectivity index is 2.79. The van der Waals surface area contributed by atoms with E-state index >= 15 is 0 Å². The molecule has 0 spiro atoms. The molecule has 0 bridgehead atoms. The van der Waals surface area contributed by atoms with E-state index in [2.05, 4.69) is 17.3 Å². The van der Waals surface area contributed by atoms with E-state index in [1.807, 2.05) is 18.2 Å². The van der Waals surface area contributed by atoms with Gasteiger partial charge in [-0.25, -0.2) is 0 Å². The van der Waals surface area contributed by atoms with Gasteiger partial charge in [0.25, 0.3) is 0 Å². The Hall–Kier alpha value is -1.75. The fraction of sp³-hybridized carbons (Fsp3) is 0. The third-order valence-corrected chi connectivity index (χ3v) is 1.62. The molecule has 0 unspecified atom stereocenters. The zero-order valence-electron chi connectivity index (χ0n) is 5.76. The molecule has 0 amide bonds. The zero-order chi connectivity index (χ0) is 7.68. The van der Waals surface area contributed by atoms with Gasteiger partial charge in [-0.2, -0.15) is 5.26 Å². The molecule has 2 nitrogen and oxygen atoms in total. The van der Waals surface area contributed by atoms with E-state index in [1.165, 1.54) is 0 Å². The Morgan fingerprint density at radius 2 is 2.36 bits per heavy atom. The van der Waals surface area contributed by atoms with E-state index in [0.29, 0.717) is 5.56 Å². The van der Waals surface area contributed by atoms with Crippen LogP contribution in [0.3, 0.4) is 0 Å². The monoisotopic (exact) mass is 141 g/mol. The highest BCUT2D eigenvalue weighted by molar-refractivity contribution is 5.80. The van der Waals surface area contributed by atoms with Crippen LogP contribution in [0.1, 0.15) is 5.56 Å². The molecule has 2 aromatic rings. The minimum atomic E-state index is 0.674. The summed E-state index contributed by atoms with van der Waals surface area (Å²) in [6.07, 6.45) is 2.85. The van der Waals surface area contributed by atoms with Crippen molar-refractivity contribution in [3.63, 3.8) is 0 Å². The van der Waals surface area contributed by atoms with Crippen molar-refractivity contribution >= 4 is 10.9 Å². The average molecular weight is 141 g/mol. The first-order chi connectivity index (χ1) is 5.40. The van der Waals surface area contributed by atoms with Gasteiger partial charge in [0.1, 0.15) is 0 Å². The predicted octanol–water partition coefficient (Wildman–Crippen LogP) is 1.84. The number of H-pyrrole nitrogens is 1. The number of rotatable bonds is 0. The predicted molar refractivity (Wildman–Crippen MR) is 41.8 cm³/mol.